The summed E-state index contributed by atoms with van der Waals surface area (Å²) in [5.74, 6) is -0.215. The van der Waals surface area contributed by atoms with E-state index in [4.69, 9.17) is 5.73 Å². The zero-order chi connectivity index (χ0) is 12.4. The van der Waals surface area contributed by atoms with E-state index >= 15 is 0 Å². The van der Waals surface area contributed by atoms with E-state index in [2.05, 4.69) is 27.9 Å². The fraction of sp³-hybridized carbons (Fsp3) is 0.538. The number of likely N-dealkylation sites (N-methyl/N-ethyl adjacent to an activating group) is 1. The Morgan fingerprint density at radius 2 is 2.18 bits per heavy atom. The van der Waals surface area contributed by atoms with Crippen molar-refractivity contribution in [1.82, 2.24) is 4.90 Å². The number of likely N-dealkylation sites (tertiary alicyclic amines) is 1. The maximum absolute atomic E-state index is 13.6. The Labute approximate surface area is 110 Å². The van der Waals surface area contributed by atoms with Crippen LogP contribution in [-0.2, 0) is 0 Å². The standard InChI is InChI=1S/C13H18BrFN2/c1-17-7-3-2-4-12(16)13(17)9-5-6-10(14)11(15)8-9/h5-6,8,12-13H,2-4,7,16H2,1H3. The smallest absolute Gasteiger partial charge is 0.137 e. The summed E-state index contributed by atoms with van der Waals surface area (Å²) in [6.45, 7) is 1.02. The molecule has 0 amide bonds. The molecule has 1 aliphatic rings. The van der Waals surface area contributed by atoms with Gasteiger partial charge in [0.1, 0.15) is 5.82 Å². The van der Waals surface area contributed by atoms with E-state index in [1.54, 1.807) is 12.1 Å². The van der Waals surface area contributed by atoms with Gasteiger partial charge in [0.2, 0.25) is 0 Å². The van der Waals surface area contributed by atoms with Crippen LogP contribution in [0.25, 0.3) is 0 Å². The molecule has 2 rings (SSSR count). The van der Waals surface area contributed by atoms with Gasteiger partial charge in [0.15, 0.2) is 0 Å². The average molecular weight is 301 g/mol. The molecule has 0 saturated carbocycles. The normalized spacial score (nSPS) is 26.8. The molecular weight excluding hydrogens is 283 g/mol. The summed E-state index contributed by atoms with van der Waals surface area (Å²) in [6, 6.07) is 5.52. The molecule has 0 aromatic heterocycles. The van der Waals surface area contributed by atoms with Gasteiger partial charge in [0.05, 0.1) is 4.47 Å². The number of rotatable bonds is 1. The van der Waals surface area contributed by atoms with Gasteiger partial charge in [0.25, 0.3) is 0 Å². The second-order valence-electron chi connectivity index (χ2n) is 4.76. The van der Waals surface area contributed by atoms with E-state index in [9.17, 15) is 4.39 Å². The van der Waals surface area contributed by atoms with Crippen molar-refractivity contribution in [2.75, 3.05) is 13.6 Å². The highest BCUT2D eigenvalue weighted by Crippen LogP contribution is 2.30. The Morgan fingerprint density at radius 3 is 2.88 bits per heavy atom. The van der Waals surface area contributed by atoms with Crippen LogP contribution in [0.3, 0.4) is 0 Å². The molecule has 0 radical (unpaired) electrons. The highest BCUT2D eigenvalue weighted by atomic mass is 79.9. The first-order valence-electron chi connectivity index (χ1n) is 6.00. The first-order valence-corrected chi connectivity index (χ1v) is 6.79. The van der Waals surface area contributed by atoms with E-state index in [0.717, 1.165) is 24.9 Å². The number of nitrogens with two attached hydrogens (primary N) is 1. The molecule has 1 heterocycles. The molecule has 4 heteroatoms. The second-order valence-corrected chi connectivity index (χ2v) is 5.61. The Balaban J connectivity index is 2.31. The molecule has 0 aliphatic carbocycles. The fourth-order valence-electron chi connectivity index (χ4n) is 2.56. The fourth-order valence-corrected chi connectivity index (χ4v) is 2.81. The number of halogens is 2. The van der Waals surface area contributed by atoms with E-state index < -0.39 is 0 Å². The summed E-state index contributed by atoms with van der Waals surface area (Å²) in [4.78, 5) is 2.24. The molecule has 1 fully saturated rings. The van der Waals surface area contributed by atoms with Crippen molar-refractivity contribution in [3.63, 3.8) is 0 Å². The summed E-state index contributed by atoms with van der Waals surface area (Å²) >= 11 is 3.18. The SMILES string of the molecule is CN1CCCCC(N)C1c1ccc(Br)c(F)c1. The first kappa shape index (κ1) is 13.0. The lowest BCUT2D eigenvalue weighted by Crippen LogP contribution is -2.37. The van der Waals surface area contributed by atoms with Gasteiger partial charge in [-0.1, -0.05) is 12.5 Å². The van der Waals surface area contributed by atoms with Gasteiger partial charge in [0, 0.05) is 12.1 Å². The van der Waals surface area contributed by atoms with Crippen molar-refractivity contribution < 1.29 is 4.39 Å². The highest BCUT2D eigenvalue weighted by molar-refractivity contribution is 9.10. The molecule has 1 saturated heterocycles. The van der Waals surface area contributed by atoms with Gasteiger partial charge in [-0.15, -0.1) is 0 Å². The van der Waals surface area contributed by atoms with Crippen molar-refractivity contribution in [3.8, 4) is 0 Å². The Morgan fingerprint density at radius 1 is 1.41 bits per heavy atom. The van der Waals surface area contributed by atoms with E-state index in [1.165, 1.54) is 6.42 Å². The number of hydrogen-bond donors (Lipinski definition) is 1. The lowest BCUT2D eigenvalue weighted by Gasteiger charge is -2.30. The zero-order valence-corrected chi connectivity index (χ0v) is 11.6. The number of nitrogens with zero attached hydrogens (tertiary/aromatic N) is 1. The van der Waals surface area contributed by atoms with Crippen LogP contribution in [0.15, 0.2) is 22.7 Å². The third-order valence-electron chi connectivity index (χ3n) is 3.46. The highest BCUT2D eigenvalue weighted by Gasteiger charge is 2.26. The molecule has 2 nitrogen and oxygen atoms in total. The van der Waals surface area contributed by atoms with Crippen LogP contribution in [0.1, 0.15) is 30.9 Å². The van der Waals surface area contributed by atoms with Crippen LogP contribution in [0.4, 0.5) is 4.39 Å². The number of benzene rings is 1. The topological polar surface area (TPSA) is 29.3 Å². The summed E-state index contributed by atoms with van der Waals surface area (Å²) < 4.78 is 14.1. The molecule has 1 aromatic rings. The van der Waals surface area contributed by atoms with Crippen molar-refractivity contribution in [3.05, 3.63) is 34.1 Å². The van der Waals surface area contributed by atoms with Crippen molar-refractivity contribution >= 4 is 15.9 Å². The molecule has 0 spiro atoms. The second kappa shape index (κ2) is 5.46. The number of hydrogen-bond acceptors (Lipinski definition) is 2. The van der Waals surface area contributed by atoms with Crippen molar-refractivity contribution in [2.45, 2.75) is 31.3 Å². The van der Waals surface area contributed by atoms with Gasteiger partial charge in [-0.3, -0.25) is 4.90 Å². The predicted octanol–water partition coefficient (Wildman–Crippen LogP) is 3.07. The van der Waals surface area contributed by atoms with Crippen molar-refractivity contribution in [2.24, 2.45) is 5.73 Å². The van der Waals surface area contributed by atoms with Gasteiger partial charge >= 0.3 is 0 Å². The molecule has 94 valence electrons. The Hall–Kier alpha value is -0.450. The third-order valence-corrected chi connectivity index (χ3v) is 4.11. The summed E-state index contributed by atoms with van der Waals surface area (Å²) in [7, 11) is 2.07. The molecule has 0 bridgehead atoms. The average Bonchev–Trinajstić information content (AvgIpc) is 2.45. The summed E-state index contributed by atoms with van der Waals surface area (Å²) in [6.07, 6.45) is 3.33. The van der Waals surface area contributed by atoms with E-state index in [1.807, 2.05) is 6.07 Å². The lowest BCUT2D eigenvalue weighted by molar-refractivity contribution is 0.229. The first-order chi connectivity index (χ1) is 8.09. The zero-order valence-electron chi connectivity index (χ0n) is 10.00. The van der Waals surface area contributed by atoms with Gasteiger partial charge in [-0.05, 0) is 60.1 Å². The molecule has 1 aromatic carbocycles. The van der Waals surface area contributed by atoms with Crippen LogP contribution < -0.4 is 5.73 Å². The van der Waals surface area contributed by atoms with Gasteiger partial charge in [-0.2, -0.15) is 0 Å². The minimum absolute atomic E-state index is 0.0862. The maximum Gasteiger partial charge on any atom is 0.137 e. The summed E-state index contributed by atoms with van der Waals surface area (Å²) in [5, 5.41) is 0. The lowest BCUT2D eigenvalue weighted by atomic mass is 9.96. The van der Waals surface area contributed by atoms with Crippen LogP contribution in [0.2, 0.25) is 0 Å². The Bertz CT molecular complexity index is 385. The van der Waals surface area contributed by atoms with Gasteiger partial charge in [-0.25, -0.2) is 4.39 Å². The molecule has 1 aliphatic heterocycles. The van der Waals surface area contributed by atoms with E-state index in [0.29, 0.717) is 4.47 Å². The molecular formula is C13H18BrFN2. The predicted molar refractivity (Wildman–Crippen MR) is 71.3 cm³/mol. The van der Waals surface area contributed by atoms with Crippen LogP contribution >= 0.6 is 15.9 Å². The van der Waals surface area contributed by atoms with Crippen LogP contribution in [0.5, 0.6) is 0 Å². The van der Waals surface area contributed by atoms with Gasteiger partial charge < -0.3 is 5.73 Å². The maximum atomic E-state index is 13.6. The minimum Gasteiger partial charge on any atom is -0.326 e. The summed E-state index contributed by atoms with van der Waals surface area (Å²) in [5.41, 5.74) is 7.19. The monoisotopic (exact) mass is 300 g/mol. The molecule has 2 N–H and O–H groups in total. The minimum atomic E-state index is -0.215. The molecule has 17 heavy (non-hydrogen) atoms. The van der Waals surface area contributed by atoms with Crippen molar-refractivity contribution in [1.29, 1.82) is 0 Å². The van der Waals surface area contributed by atoms with Crippen LogP contribution in [-0.4, -0.2) is 24.5 Å². The largest absolute Gasteiger partial charge is 0.326 e. The van der Waals surface area contributed by atoms with E-state index in [-0.39, 0.29) is 17.9 Å². The Kier molecular flexibility index (Phi) is 4.17. The molecule has 2 atom stereocenters. The van der Waals surface area contributed by atoms with Crippen LogP contribution in [0, 0.1) is 5.82 Å². The quantitative estimate of drug-likeness (QED) is 0.864. The molecule has 2 unspecified atom stereocenters. The third kappa shape index (κ3) is 2.87.